The highest BCUT2D eigenvalue weighted by Gasteiger charge is 2.64. The van der Waals surface area contributed by atoms with E-state index in [1.54, 1.807) is 0 Å². The molecule has 1 heterocycles. The van der Waals surface area contributed by atoms with Crippen LogP contribution in [-0.2, 0) is 0 Å². The fraction of sp³-hybridized carbons (Fsp3) is 0.621. The minimum atomic E-state index is -0.942. The molecular weight excluding hydrogens is 458 g/mol. The van der Waals surface area contributed by atoms with Crippen molar-refractivity contribution in [3.8, 4) is 0 Å². The molecule has 0 amide bonds. The summed E-state index contributed by atoms with van der Waals surface area (Å²) in [5.74, 6) is 0.545. The van der Waals surface area contributed by atoms with Gasteiger partial charge in [0.25, 0.3) is 0 Å². The van der Waals surface area contributed by atoms with Crippen molar-refractivity contribution in [2.75, 3.05) is 14.1 Å². The SMILES string of the molecule is CNC.Cc1[nH]nc2cc(C3=CCC4C3(C)CCC3(Cl)C=C5CC(O)CCC5CC[C@]43O)ccc12. The molecule has 2 fully saturated rings. The molecule has 190 valence electrons. The van der Waals surface area contributed by atoms with Crippen molar-refractivity contribution in [1.29, 1.82) is 0 Å². The molecule has 4 aliphatic carbocycles. The Morgan fingerprint density at radius 1 is 1.14 bits per heavy atom. The van der Waals surface area contributed by atoms with Crippen LogP contribution in [0.1, 0.15) is 69.5 Å². The third-order valence-corrected chi connectivity index (χ3v) is 10.1. The maximum absolute atomic E-state index is 12.3. The third-order valence-electron chi connectivity index (χ3n) is 9.44. The summed E-state index contributed by atoms with van der Waals surface area (Å²) in [4.78, 5) is -0.745. The van der Waals surface area contributed by atoms with Gasteiger partial charge in [0, 0.05) is 17.0 Å². The number of nitrogens with one attached hydrogen (secondary N) is 2. The zero-order chi connectivity index (χ0) is 25.0. The van der Waals surface area contributed by atoms with Crippen molar-refractivity contribution in [2.24, 2.45) is 17.3 Å². The number of aromatic amines is 1. The lowest BCUT2D eigenvalue weighted by Crippen LogP contribution is -2.61. The summed E-state index contributed by atoms with van der Waals surface area (Å²) in [6, 6.07) is 6.56. The number of allylic oxidation sites excluding steroid dienone is 2. The standard InChI is InChI=1S/C27H33ClN2O2.C2H7N/c1-16-21-6-4-18(14-23(21)30-29-16)22-7-8-24-25(22,2)11-12-26(28)15-19-13-20(31)5-3-17(19)9-10-27(24,26)32;1-3-2/h4,6-7,14-15,17,20,24,31-32H,3,5,8-13H2,1-2H3,(H,29,30);3H,1-2H3/t17?,20?,24?,25?,26?,27-;/m0./s1. The van der Waals surface area contributed by atoms with Gasteiger partial charge in [0.15, 0.2) is 0 Å². The molecule has 35 heavy (non-hydrogen) atoms. The number of fused-ring (bicyclic) bond motifs is 5. The van der Waals surface area contributed by atoms with Crippen LogP contribution < -0.4 is 5.32 Å². The second kappa shape index (κ2) is 9.02. The molecule has 1 aromatic carbocycles. The molecule has 6 atom stereocenters. The van der Waals surface area contributed by atoms with Gasteiger partial charge in [-0.1, -0.05) is 36.8 Å². The molecule has 5 unspecified atom stereocenters. The molecule has 0 spiro atoms. The zero-order valence-electron chi connectivity index (χ0n) is 21.5. The van der Waals surface area contributed by atoms with Crippen LogP contribution in [0.3, 0.4) is 0 Å². The van der Waals surface area contributed by atoms with Crippen molar-refractivity contribution in [3.63, 3.8) is 0 Å². The highest BCUT2D eigenvalue weighted by atomic mass is 35.5. The number of nitrogens with zero attached hydrogens (tertiary/aromatic N) is 1. The van der Waals surface area contributed by atoms with Gasteiger partial charge in [-0.05, 0) is 101 Å². The van der Waals surface area contributed by atoms with Crippen LogP contribution in [0.15, 0.2) is 35.9 Å². The van der Waals surface area contributed by atoms with Crippen LogP contribution in [0.4, 0.5) is 0 Å². The van der Waals surface area contributed by atoms with E-state index in [1.165, 1.54) is 16.7 Å². The van der Waals surface area contributed by atoms with Crippen molar-refractivity contribution in [1.82, 2.24) is 15.5 Å². The molecule has 1 aromatic heterocycles. The Morgan fingerprint density at radius 3 is 2.69 bits per heavy atom. The number of benzene rings is 1. The maximum atomic E-state index is 12.3. The number of H-pyrrole nitrogens is 1. The van der Waals surface area contributed by atoms with Gasteiger partial charge in [-0.15, -0.1) is 11.6 Å². The lowest BCUT2D eigenvalue weighted by Gasteiger charge is -2.56. The Morgan fingerprint density at radius 2 is 1.91 bits per heavy atom. The summed E-state index contributed by atoms with van der Waals surface area (Å²) in [5, 5.41) is 34.1. The Labute approximate surface area is 214 Å². The first kappa shape index (κ1) is 25.0. The number of aliphatic hydroxyl groups excluding tert-OH is 1. The first-order valence-electron chi connectivity index (χ1n) is 13.2. The first-order chi connectivity index (χ1) is 16.6. The van der Waals surface area contributed by atoms with Crippen LogP contribution in [0.5, 0.6) is 0 Å². The van der Waals surface area contributed by atoms with Gasteiger partial charge in [0.2, 0.25) is 0 Å². The molecule has 2 aromatic rings. The van der Waals surface area contributed by atoms with E-state index in [0.717, 1.165) is 61.5 Å². The van der Waals surface area contributed by atoms with E-state index >= 15 is 0 Å². The van der Waals surface area contributed by atoms with Gasteiger partial charge in [-0.3, -0.25) is 5.10 Å². The number of hydrogen-bond donors (Lipinski definition) is 4. The fourth-order valence-electron chi connectivity index (χ4n) is 7.55. The van der Waals surface area contributed by atoms with E-state index in [2.05, 4.69) is 59.7 Å². The summed E-state index contributed by atoms with van der Waals surface area (Å²) in [5.41, 5.74) is 4.86. The first-order valence-corrected chi connectivity index (χ1v) is 13.6. The number of rotatable bonds is 1. The molecule has 4 aliphatic rings. The number of aromatic nitrogens is 2. The number of halogens is 1. The largest absolute Gasteiger partial charge is 0.393 e. The summed E-state index contributed by atoms with van der Waals surface area (Å²) in [7, 11) is 3.75. The van der Waals surface area contributed by atoms with E-state index in [-0.39, 0.29) is 17.4 Å². The monoisotopic (exact) mass is 497 g/mol. The second-order valence-electron chi connectivity index (χ2n) is 11.6. The minimum Gasteiger partial charge on any atom is -0.393 e. The van der Waals surface area contributed by atoms with Gasteiger partial charge in [0.1, 0.15) is 0 Å². The van der Waals surface area contributed by atoms with Crippen molar-refractivity contribution < 1.29 is 10.2 Å². The molecule has 0 radical (unpaired) electrons. The average molecular weight is 498 g/mol. The Balaban J connectivity index is 0.000000806. The van der Waals surface area contributed by atoms with Crippen LogP contribution in [0, 0.1) is 24.2 Å². The summed E-state index contributed by atoms with van der Waals surface area (Å²) >= 11 is 7.35. The topological polar surface area (TPSA) is 81.2 Å². The predicted molar refractivity (Wildman–Crippen MR) is 143 cm³/mol. The maximum Gasteiger partial charge on any atom is 0.0929 e. The highest BCUT2D eigenvalue weighted by Crippen LogP contribution is 2.65. The van der Waals surface area contributed by atoms with E-state index in [1.807, 2.05) is 14.1 Å². The number of aryl methyl sites for hydroxylation is 1. The van der Waals surface area contributed by atoms with Crippen molar-refractivity contribution in [2.45, 2.75) is 81.8 Å². The normalized spacial score (nSPS) is 38.3. The fourth-order valence-corrected chi connectivity index (χ4v) is 8.01. The lowest BCUT2D eigenvalue weighted by atomic mass is 9.54. The van der Waals surface area contributed by atoms with Crippen LogP contribution in [-0.4, -0.2) is 51.1 Å². The van der Waals surface area contributed by atoms with Gasteiger partial charge in [-0.25, -0.2) is 0 Å². The number of alkyl halides is 1. The molecule has 6 rings (SSSR count). The Bertz CT molecular complexity index is 1170. The summed E-state index contributed by atoms with van der Waals surface area (Å²) in [6.45, 7) is 4.38. The van der Waals surface area contributed by atoms with Crippen molar-refractivity contribution in [3.05, 3.63) is 47.2 Å². The Kier molecular flexibility index (Phi) is 6.45. The highest BCUT2D eigenvalue weighted by molar-refractivity contribution is 6.26. The van der Waals surface area contributed by atoms with Crippen LogP contribution in [0.2, 0.25) is 0 Å². The quantitative estimate of drug-likeness (QED) is 0.310. The van der Waals surface area contributed by atoms with Crippen LogP contribution in [0.25, 0.3) is 16.5 Å². The van der Waals surface area contributed by atoms with Gasteiger partial charge in [-0.2, -0.15) is 5.10 Å². The minimum absolute atomic E-state index is 0.0924. The van der Waals surface area contributed by atoms with Gasteiger partial charge < -0.3 is 15.5 Å². The van der Waals surface area contributed by atoms with E-state index in [9.17, 15) is 10.2 Å². The summed E-state index contributed by atoms with van der Waals surface area (Å²) < 4.78 is 0. The molecule has 0 aliphatic heterocycles. The Hall–Kier alpha value is -1.66. The van der Waals surface area contributed by atoms with E-state index < -0.39 is 10.5 Å². The molecule has 6 heteroatoms. The van der Waals surface area contributed by atoms with Crippen LogP contribution >= 0.6 is 11.6 Å². The molecule has 5 nitrogen and oxygen atoms in total. The molecule has 4 N–H and O–H groups in total. The molecule has 2 saturated carbocycles. The van der Waals surface area contributed by atoms with Gasteiger partial charge >= 0.3 is 0 Å². The lowest BCUT2D eigenvalue weighted by molar-refractivity contribution is -0.106. The summed E-state index contributed by atoms with van der Waals surface area (Å²) in [6.07, 6.45) is 11.1. The number of aliphatic hydroxyl groups is 2. The third kappa shape index (κ3) is 3.90. The predicted octanol–water partition coefficient (Wildman–Crippen LogP) is 5.50. The zero-order valence-corrected chi connectivity index (χ0v) is 22.3. The number of hydrogen-bond acceptors (Lipinski definition) is 4. The van der Waals surface area contributed by atoms with E-state index in [4.69, 9.17) is 11.6 Å². The van der Waals surface area contributed by atoms with E-state index in [0.29, 0.717) is 12.3 Å². The smallest absolute Gasteiger partial charge is 0.0929 e. The molecule has 0 bridgehead atoms. The van der Waals surface area contributed by atoms with Crippen molar-refractivity contribution >= 4 is 28.1 Å². The molecular formula is C29H40ClN3O2. The molecule has 0 saturated heterocycles. The average Bonchev–Trinajstić information content (AvgIpc) is 3.34. The van der Waals surface area contributed by atoms with Gasteiger partial charge in [0.05, 0.1) is 22.1 Å². The second-order valence-corrected chi connectivity index (χ2v) is 12.3.